The van der Waals surface area contributed by atoms with E-state index in [1.54, 1.807) is 31.0 Å². The fourth-order valence-corrected chi connectivity index (χ4v) is 2.64. The Balaban J connectivity index is 2.24. The number of hydrogen-bond donors (Lipinski definition) is 0. The molecule has 2 aromatic carbocycles. The molecule has 3 aromatic rings. The highest BCUT2D eigenvalue weighted by molar-refractivity contribution is 5.94. The number of benzene rings is 2. The molecule has 0 fully saturated rings. The van der Waals surface area contributed by atoms with Gasteiger partial charge in [0.05, 0.1) is 20.8 Å². The molecule has 0 amide bonds. The van der Waals surface area contributed by atoms with Crippen molar-refractivity contribution in [3.05, 3.63) is 54.9 Å². The predicted molar refractivity (Wildman–Crippen MR) is 88.4 cm³/mol. The van der Waals surface area contributed by atoms with Crippen LogP contribution in [-0.4, -0.2) is 24.0 Å². The Morgan fingerprint density at radius 1 is 1.17 bits per heavy atom. The minimum atomic E-state index is -0.302. The Kier molecular flexibility index (Phi) is 4.02. The molecular formula is C18H17FN2O2. The van der Waals surface area contributed by atoms with Gasteiger partial charge >= 0.3 is 0 Å². The highest BCUT2D eigenvalue weighted by Crippen LogP contribution is 2.35. The maximum atomic E-state index is 14.2. The molecule has 118 valence electrons. The topological polar surface area (TPSA) is 36.3 Å². The zero-order chi connectivity index (χ0) is 16.4. The monoisotopic (exact) mass is 312 g/mol. The summed E-state index contributed by atoms with van der Waals surface area (Å²) in [6.45, 7) is 4.14. The first-order chi connectivity index (χ1) is 11.2. The maximum Gasteiger partial charge on any atom is 0.161 e. The molecule has 23 heavy (non-hydrogen) atoms. The second kappa shape index (κ2) is 6.12. The van der Waals surface area contributed by atoms with E-state index in [9.17, 15) is 4.39 Å². The first kappa shape index (κ1) is 15.1. The van der Waals surface area contributed by atoms with E-state index in [4.69, 9.17) is 9.47 Å². The molecule has 0 radical (unpaired) electrons. The number of allylic oxidation sites excluding steroid dienone is 1. The van der Waals surface area contributed by atoms with Crippen LogP contribution in [0.2, 0.25) is 0 Å². The fourth-order valence-electron chi connectivity index (χ4n) is 2.64. The standard InChI is InChI=1S/C18H17FN2O2/c1-4-10-21-18-13(6-5-7-14(18)19)17(20-21)12-8-9-15(22-2)16(11-12)23-3/h4-9,11H,1,10H2,2-3H3. The molecule has 0 saturated heterocycles. The van der Waals surface area contributed by atoms with Gasteiger partial charge in [0.15, 0.2) is 11.5 Å². The summed E-state index contributed by atoms with van der Waals surface area (Å²) in [6, 6.07) is 10.5. The van der Waals surface area contributed by atoms with Crippen molar-refractivity contribution in [1.82, 2.24) is 9.78 Å². The second-order valence-electron chi connectivity index (χ2n) is 5.03. The predicted octanol–water partition coefficient (Wildman–Crippen LogP) is 4.05. The van der Waals surface area contributed by atoms with Gasteiger partial charge < -0.3 is 9.47 Å². The van der Waals surface area contributed by atoms with Gasteiger partial charge in [-0.1, -0.05) is 18.2 Å². The van der Waals surface area contributed by atoms with Crippen LogP contribution in [0.4, 0.5) is 4.39 Å². The van der Waals surface area contributed by atoms with Gasteiger partial charge in [-0.3, -0.25) is 4.68 Å². The molecule has 4 nitrogen and oxygen atoms in total. The van der Waals surface area contributed by atoms with Gasteiger partial charge in [0.1, 0.15) is 17.0 Å². The molecule has 0 unspecified atom stereocenters. The highest BCUT2D eigenvalue weighted by atomic mass is 19.1. The van der Waals surface area contributed by atoms with Crippen LogP contribution in [-0.2, 0) is 6.54 Å². The van der Waals surface area contributed by atoms with Gasteiger partial charge in [-0.25, -0.2) is 4.39 Å². The Morgan fingerprint density at radius 2 is 1.96 bits per heavy atom. The summed E-state index contributed by atoms with van der Waals surface area (Å²) >= 11 is 0. The number of ether oxygens (including phenoxy) is 2. The lowest BCUT2D eigenvalue weighted by molar-refractivity contribution is 0.355. The number of halogens is 1. The second-order valence-corrected chi connectivity index (χ2v) is 5.03. The molecule has 0 atom stereocenters. The normalized spacial score (nSPS) is 10.7. The van der Waals surface area contributed by atoms with E-state index < -0.39 is 0 Å². The lowest BCUT2D eigenvalue weighted by Gasteiger charge is -2.08. The molecule has 1 aromatic heterocycles. The molecule has 3 rings (SSSR count). The number of aromatic nitrogens is 2. The van der Waals surface area contributed by atoms with E-state index in [1.807, 2.05) is 24.3 Å². The molecule has 0 aliphatic heterocycles. The molecule has 0 spiro atoms. The number of nitrogens with zero attached hydrogens (tertiary/aromatic N) is 2. The summed E-state index contributed by atoms with van der Waals surface area (Å²) < 4.78 is 26.4. The van der Waals surface area contributed by atoms with Crippen molar-refractivity contribution in [2.45, 2.75) is 6.54 Å². The van der Waals surface area contributed by atoms with E-state index in [0.717, 1.165) is 10.9 Å². The fraction of sp³-hybridized carbons (Fsp3) is 0.167. The van der Waals surface area contributed by atoms with Gasteiger partial charge in [-0.05, 0) is 24.3 Å². The molecule has 5 heteroatoms. The third-order valence-corrected chi connectivity index (χ3v) is 3.68. The Hall–Kier alpha value is -2.82. The number of methoxy groups -OCH3 is 2. The Labute approximate surface area is 133 Å². The van der Waals surface area contributed by atoms with Crippen molar-refractivity contribution < 1.29 is 13.9 Å². The SMILES string of the molecule is C=CCn1nc(-c2ccc(OC)c(OC)c2)c2cccc(F)c21. The molecule has 0 aliphatic rings. The van der Waals surface area contributed by atoms with E-state index in [2.05, 4.69) is 11.7 Å². The van der Waals surface area contributed by atoms with Crippen molar-refractivity contribution >= 4 is 10.9 Å². The average Bonchev–Trinajstić information content (AvgIpc) is 2.94. The smallest absolute Gasteiger partial charge is 0.161 e. The van der Waals surface area contributed by atoms with Crippen LogP contribution >= 0.6 is 0 Å². The van der Waals surface area contributed by atoms with E-state index >= 15 is 0 Å². The largest absolute Gasteiger partial charge is 0.493 e. The van der Waals surface area contributed by atoms with E-state index in [-0.39, 0.29) is 5.82 Å². The molecule has 0 saturated carbocycles. The van der Waals surface area contributed by atoms with E-state index in [1.165, 1.54) is 6.07 Å². The molecule has 0 bridgehead atoms. The third-order valence-electron chi connectivity index (χ3n) is 3.68. The van der Waals surface area contributed by atoms with Crippen molar-refractivity contribution in [3.63, 3.8) is 0 Å². The highest BCUT2D eigenvalue weighted by Gasteiger charge is 2.16. The van der Waals surface area contributed by atoms with Gasteiger partial charge in [-0.15, -0.1) is 6.58 Å². The van der Waals surface area contributed by atoms with Crippen LogP contribution < -0.4 is 9.47 Å². The summed E-state index contributed by atoms with van der Waals surface area (Å²) in [5, 5.41) is 5.30. The van der Waals surface area contributed by atoms with Crippen LogP contribution in [0.3, 0.4) is 0 Å². The van der Waals surface area contributed by atoms with E-state index in [0.29, 0.717) is 29.3 Å². The lowest BCUT2D eigenvalue weighted by Crippen LogP contribution is -1.98. The molecule has 0 N–H and O–H groups in total. The Morgan fingerprint density at radius 3 is 2.65 bits per heavy atom. The zero-order valence-electron chi connectivity index (χ0n) is 13.0. The molecule has 0 aliphatic carbocycles. The van der Waals surface area contributed by atoms with Crippen LogP contribution in [0.5, 0.6) is 11.5 Å². The number of para-hydroxylation sites is 1. The molecular weight excluding hydrogens is 295 g/mol. The van der Waals surface area contributed by atoms with Crippen LogP contribution in [0, 0.1) is 5.82 Å². The third kappa shape index (κ3) is 2.54. The van der Waals surface area contributed by atoms with Crippen LogP contribution in [0.25, 0.3) is 22.2 Å². The number of fused-ring (bicyclic) bond motifs is 1. The van der Waals surface area contributed by atoms with Crippen LogP contribution in [0.1, 0.15) is 0 Å². The lowest BCUT2D eigenvalue weighted by atomic mass is 10.1. The minimum Gasteiger partial charge on any atom is -0.493 e. The van der Waals surface area contributed by atoms with Crippen LogP contribution in [0.15, 0.2) is 49.1 Å². The summed E-state index contributed by atoms with van der Waals surface area (Å²) in [4.78, 5) is 0. The maximum absolute atomic E-state index is 14.2. The minimum absolute atomic E-state index is 0.302. The summed E-state index contributed by atoms with van der Waals surface area (Å²) in [7, 11) is 3.16. The summed E-state index contributed by atoms with van der Waals surface area (Å²) in [5.41, 5.74) is 2.00. The first-order valence-corrected chi connectivity index (χ1v) is 7.18. The first-order valence-electron chi connectivity index (χ1n) is 7.18. The summed E-state index contributed by atoms with van der Waals surface area (Å²) in [6.07, 6.45) is 1.69. The van der Waals surface area contributed by atoms with Crippen molar-refractivity contribution in [1.29, 1.82) is 0 Å². The van der Waals surface area contributed by atoms with Crippen molar-refractivity contribution in [2.75, 3.05) is 14.2 Å². The van der Waals surface area contributed by atoms with Crippen molar-refractivity contribution in [3.8, 4) is 22.8 Å². The quantitative estimate of drug-likeness (QED) is 0.667. The average molecular weight is 312 g/mol. The van der Waals surface area contributed by atoms with Gasteiger partial charge in [0.2, 0.25) is 0 Å². The number of hydrogen-bond acceptors (Lipinski definition) is 3. The molecule has 1 heterocycles. The number of rotatable bonds is 5. The van der Waals surface area contributed by atoms with Gasteiger partial charge in [0, 0.05) is 10.9 Å². The van der Waals surface area contributed by atoms with Gasteiger partial charge in [-0.2, -0.15) is 5.10 Å². The van der Waals surface area contributed by atoms with Gasteiger partial charge in [0.25, 0.3) is 0 Å². The van der Waals surface area contributed by atoms with Crippen molar-refractivity contribution in [2.24, 2.45) is 0 Å². The Bertz CT molecular complexity index is 871. The summed E-state index contributed by atoms with van der Waals surface area (Å²) in [5.74, 6) is 0.939. The zero-order valence-corrected chi connectivity index (χ0v) is 13.0.